The van der Waals surface area contributed by atoms with Gasteiger partial charge in [0.15, 0.2) is 0 Å². The van der Waals surface area contributed by atoms with Crippen molar-refractivity contribution in [2.45, 2.75) is 33.8 Å². The van der Waals surface area contributed by atoms with Gasteiger partial charge in [-0.05, 0) is 12.8 Å². The summed E-state index contributed by atoms with van der Waals surface area (Å²) in [6.45, 7) is 8.07. The highest BCUT2D eigenvalue weighted by Gasteiger charge is 2.14. The summed E-state index contributed by atoms with van der Waals surface area (Å²) in [5.41, 5.74) is 0. The summed E-state index contributed by atoms with van der Waals surface area (Å²) in [6.07, 6.45) is 3.82. The average molecular weight is 142 g/mol. The first-order valence-corrected chi connectivity index (χ1v) is 3.90. The van der Waals surface area contributed by atoms with E-state index in [9.17, 15) is 5.11 Å². The van der Waals surface area contributed by atoms with E-state index in [0.717, 1.165) is 0 Å². The van der Waals surface area contributed by atoms with Gasteiger partial charge in [-0.1, -0.05) is 32.9 Å². The van der Waals surface area contributed by atoms with Crippen LogP contribution in [-0.2, 0) is 0 Å². The first kappa shape index (κ1) is 9.70. The Morgan fingerprint density at radius 1 is 1.20 bits per heavy atom. The van der Waals surface area contributed by atoms with Gasteiger partial charge in [-0.15, -0.1) is 0 Å². The van der Waals surface area contributed by atoms with Gasteiger partial charge in [-0.25, -0.2) is 0 Å². The Balaban J connectivity index is 3.81. The summed E-state index contributed by atoms with van der Waals surface area (Å²) in [7, 11) is 0. The molecule has 0 radical (unpaired) electrons. The molecule has 0 aromatic carbocycles. The quantitative estimate of drug-likeness (QED) is 0.599. The smallest absolute Gasteiger partial charge is 0.0622 e. The molecule has 0 aliphatic rings. The molecule has 0 aliphatic heterocycles. The van der Waals surface area contributed by atoms with Crippen LogP contribution in [0.2, 0.25) is 0 Å². The Morgan fingerprint density at radius 3 is 2.00 bits per heavy atom. The van der Waals surface area contributed by atoms with Crippen LogP contribution in [0, 0.1) is 11.8 Å². The van der Waals surface area contributed by atoms with E-state index in [-0.39, 0.29) is 12.0 Å². The maximum Gasteiger partial charge on any atom is 0.0622 e. The summed E-state index contributed by atoms with van der Waals surface area (Å²) in [5, 5.41) is 9.47. The average Bonchev–Trinajstić information content (AvgIpc) is 1.87. The Morgan fingerprint density at radius 2 is 1.70 bits per heavy atom. The van der Waals surface area contributed by atoms with E-state index in [1.165, 1.54) is 0 Å². The minimum absolute atomic E-state index is 0.198. The van der Waals surface area contributed by atoms with Crippen LogP contribution in [-0.4, -0.2) is 11.2 Å². The maximum atomic E-state index is 9.47. The first-order valence-electron chi connectivity index (χ1n) is 3.90. The minimum atomic E-state index is -0.198. The summed E-state index contributed by atoms with van der Waals surface area (Å²) in [4.78, 5) is 0. The fourth-order valence-corrected chi connectivity index (χ4v) is 1.02. The number of allylic oxidation sites excluding steroid dienone is 1. The fourth-order valence-electron chi connectivity index (χ4n) is 1.02. The van der Waals surface area contributed by atoms with Gasteiger partial charge in [0, 0.05) is 5.92 Å². The summed E-state index contributed by atoms with van der Waals surface area (Å²) < 4.78 is 0. The van der Waals surface area contributed by atoms with Crippen LogP contribution in [0.25, 0.3) is 0 Å². The van der Waals surface area contributed by atoms with E-state index >= 15 is 0 Å². The largest absolute Gasteiger partial charge is 0.392 e. The molecule has 0 bridgehead atoms. The second-order valence-electron chi connectivity index (χ2n) is 3.12. The maximum absolute atomic E-state index is 9.47. The second kappa shape index (κ2) is 4.51. The molecule has 10 heavy (non-hydrogen) atoms. The van der Waals surface area contributed by atoms with Crippen molar-refractivity contribution in [2.24, 2.45) is 11.8 Å². The lowest BCUT2D eigenvalue weighted by molar-refractivity contribution is 0.0911. The summed E-state index contributed by atoms with van der Waals surface area (Å²) >= 11 is 0. The lowest BCUT2D eigenvalue weighted by Gasteiger charge is -2.18. The van der Waals surface area contributed by atoms with Crippen molar-refractivity contribution in [2.75, 3.05) is 0 Å². The van der Waals surface area contributed by atoms with Gasteiger partial charge in [-0.2, -0.15) is 0 Å². The van der Waals surface area contributed by atoms with E-state index in [4.69, 9.17) is 0 Å². The minimum Gasteiger partial charge on any atom is -0.392 e. The molecule has 0 amide bonds. The van der Waals surface area contributed by atoms with Crippen molar-refractivity contribution < 1.29 is 5.11 Å². The normalized spacial score (nSPS) is 18.2. The third kappa shape index (κ3) is 3.02. The lowest BCUT2D eigenvalue weighted by atomic mass is 9.95. The molecule has 0 saturated carbocycles. The molecule has 60 valence electrons. The third-order valence-corrected chi connectivity index (χ3v) is 1.72. The predicted octanol–water partition coefficient (Wildman–Crippen LogP) is 2.22. The molecular weight excluding hydrogens is 124 g/mol. The Labute approximate surface area is 63.8 Å². The molecule has 0 rings (SSSR count). The highest BCUT2D eigenvalue weighted by Crippen LogP contribution is 2.12. The molecule has 0 spiro atoms. The zero-order valence-corrected chi connectivity index (χ0v) is 7.33. The SMILES string of the molecule is C/C=C/C(C)C(O)C(C)C. The fraction of sp³-hybridized carbons (Fsp3) is 0.778. The van der Waals surface area contributed by atoms with Crippen LogP contribution >= 0.6 is 0 Å². The molecule has 1 heteroatoms. The predicted molar refractivity (Wildman–Crippen MR) is 44.8 cm³/mol. The van der Waals surface area contributed by atoms with Crippen LogP contribution in [0.5, 0.6) is 0 Å². The Hall–Kier alpha value is -0.300. The monoisotopic (exact) mass is 142 g/mol. The highest BCUT2D eigenvalue weighted by atomic mass is 16.3. The van der Waals surface area contributed by atoms with Crippen LogP contribution in [0.3, 0.4) is 0 Å². The van der Waals surface area contributed by atoms with Crippen LogP contribution < -0.4 is 0 Å². The van der Waals surface area contributed by atoms with E-state index in [1.54, 1.807) is 0 Å². The van der Waals surface area contributed by atoms with Gasteiger partial charge in [0.25, 0.3) is 0 Å². The molecule has 0 aliphatic carbocycles. The van der Waals surface area contributed by atoms with Crippen LogP contribution in [0.4, 0.5) is 0 Å². The van der Waals surface area contributed by atoms with Gasteiger partial charge in [-0.3, -0.25) is 0 Å². The van der Waals surface area contributed by atoms with Gasteiger partial charge in [0.2, 0.25) is 0 Å². The zero-order chi connectivity index (χ0) is 8.15. The molecule has 0 saturated heterocycles. The van der Waals surface area contributed by atoms with Crippen molar-refractivity contribution in [3.63, 3.8) is 0 Å². The Kier molecular flexibility index (Phi) is 4.37. The van der Waals surface area contributed by atoms with Gasteiger partial charge >= 0.3 is 0 Å². The van der Waals surface area contributed by atoms with E-state index < -0.39 is 0 Å². The molecule has 1 N–H and O–H groups in total. The van der Waals surface area contributed by atoms with E-state index in [1.807, 2.05) is 39.8 Å². The summed E-state index contributed by atoms with van der Waals surface area (Å²) in [5.74, 6) is 0.635. The topological polar surface area (TPSA) is 20.2 Å². The standard InChI is InChI=1S/C9H18O/c1-5-6-8(4)9(10)7(2)3/h5-10H,1-4H3/b6-5+. The molecule has 0 aromatic heterocycles. The van der Waals surface area contributed by atoms with Gasteiger partial charge < -0.3 is 5.11 Å². The summed E-state index contributed by atoms with van der Waals surface area (Å²) in [6, 6.07) is 0. The van der Waals surface area contributed by atoms with Gasteiger partial charge in [0.05, 0.1) is 6.10 Å². The van der Waals surface area contributed by atoms with Crippen molar-refractivity contribution >= 4 is 0 Å². The number of hydrogen-bond acceptors (Lipinski definition) is 1. The highest BCUT2D eigenvalue weighted by molar-refractivity contribution is 4.87. The van der Waals surface area contributed by atoms with Crippen LogP contribution in [0.1, 0.15) is 27.7 Å². The molecule has 2 unspecified atom stereocenters. The molecule has 0 heterocycles. The number of rotatable bonds is 3. The molecule has 2 atom stereocenters. The molecule has 1 nitrogen and oxygen atoms in total. The van der Waals surface area contributed by atoms with Gasteiger partial charge in [0.1, 0.15) is 0 Å². The number of aliphatic hydroxyl groups is 1. The molecule has 0 fully saturated rings. The Bertz CT molecular complexity index is 105. The number of hydrogen-bond donors (Lipinski definition) is 1. The van der Waals surface area contributed by atoms with Crippen LogP contribution in [0.15, 0.2) is 12.2 Å². The molecular formula is C9H18O. The first-order chi connectivity index (χ1) is 4.59. The zero-order valence-electron chi connectivity index (χ0n) is 7.33. The van der Waals surface area contributed by atoms with Crippen molar-refractivity contribution in [3.05, 3.63) is 12.2 Å². The number of aliphatic hydroxyl groups excluding tert-OH is 1. The van der Waals surface area contributed by atoms with E-state index in [0.29, 0.717) is 5.92 Å². The lowest BCUT2D eigenvalue weighted by Crippen LogP contribution is -2.21. The third-order valence-electron chi connectivity index (χ3n) is 1.72. The van der Waals surface area contributed by atoms with Crippen molar-refractivity contribution in [1.29, 1.82) is 0 Å². The second-order valence-corrected chi connectivity index (χ2v) is 3.12. The van der Waals surface area contributed by atoms with E-state index in [2.05, 4.69) is 0 Å². The molecule has 0 aromatic rings. The van der Waals surface area contributed by atoms with Crippen molar-refractivity contribution in [1.82, 2.24) is 0 Å². The van der Waals surface area contributed by atoms with Crippen molar-refractivity contribution in [3.8, 4) is 0 Å².